The largest absolute Gasteiger partial charge is 0.353 e. The summed E-state index contributed by atoms with van der Waals surface area (Å²) in [6, 6.07) is 6.11. The predicted molar refractivity (Wildman–Crippen MR) is 74.7 cm³/mol. The van der Waals surface area contributed by atoms with Crippen LogP contribution in [-0.4, -0.2) is 17.5 Å². The topological polar surface area (TPSA) is 58.4 Å². The molecule has 18 heavy (non-hydrogen) atoms. The van der Waals surface area contributed by atoms with Gasteiger partial charge in [0.1, 0.15) is 5.54 Å². The maximum atomic E-state index is 12.2. The molecule has 4 heteroatoms. The van der Waals surface area contributed by atoms with Gasteiger partial charge in [0.25, 0.3) is 0 Å². The Morgan fingerprint density at radius 3 is 2.61 bits per heavy atom. The van der Waals surface area contributed by atoms with Gasteiger partial charge in [0.05, 0.1) is 11.4 Å². The molecule has 0 saturated carbocycles. The second-order valence-corrected chi connectivity index (χ2v) is 5.49. The number of benzene rings is 1. The summed E-state index contributed by atoms with van der Waals surface area (Å²) in [6.07, 6.45) is 0. The van der Waals surface area contributed by atoms with Crippen LogP contribution in [0.15, 0.2) is 18.2 Å². The number of amides is 1. The van der Waals surface area contributed by atoms with E-state index in [9.17, 15) is 4.79 Å². The van der Waals surface area contributed by atoms with Gasteiger partial charge in [-0.05, 0) is 39.3 Å². The van der Waals surface area contributed by atoms with E-state index in [0.717, 1.165) is 16.9 Å². The summed E-state index contributed by atoms with van der Waals surface area (Å²) in [5.41, 5.74) is 8.23. The van der Waals surface area contributed by atoms with E-state index in [0.29, 0.717) is 6.54 Å². The first-order valence-electron chi connectivity index (χ1n) is 6.32. The molecule has 1 amide bonds. The van der Waals surface area contributed by atoms with Crippen LogP contribution in [0.25, 0.3) is 0 Å². The van der Waals surface area contributed by atoms with E-state index in [4.69, 9.17) is 5.73 Å². The molecular weight excluding hydrogens is 226 g/mol. The number of carbonyl (C=O) groups is 1. The van der Waals surface area contributed by atoms with E-state index < -0.39 is 5.54 Å². The van der Waals surface area contributed by atoms with E-state index in [1.54, 1.807) is 0 Å². The molecule has 98 valence electrons. The van der Waals surface area contributed by atoms with Crippen molar-refractivity contribution in [3.8, 4) is 0 Å². The Kier molecular flexibility index (Phi) is 3.07. The number of anilines is 2. The van der Waals surface area contributed by atoms with Crippen molar-refractivity contribution in [2.45, 2.75) is 45.8 Å². The van der Waals surface area contributed by atoms with Gasteiger partial charge in [-0.15, -0.1) is 0 Å². The highest BCUT2D eigenvalue weighted by Gasteiger charge is 2.42. The minimum Gasteiger partial charge on any atom is -0.353 e. The van der Waals surface area contributed by atoms with Crippen molar-refractivity contribution in [1.29, 1.82) is 0 Å². The second kappa shape index (κ2) is 4.28. The van der Waals surface area contributed by atoms with Gasteiger partial charge in [0.15, 0.2) is 0 Å². The Bertz CT molecular complexity index is 480. The van der Waals surface area contributed by atoms with Crippen molar-refractivity contribution < 1.29 is 4.79 Å². The minimum absolute atomic E-state index is 0.0258. The summed E-state index contributed by atoms with van der Waals surface area (Å²) < 4.78 is 0. The Labute approximate surface area is 108 Å². The molecule has 1 aromatic carbocycles. The number of nitrogens with two attached hydrogens (primary N) is 1. The third-order valence-corrected chi connectivity index (χ3v) is 3.50. The van der Waals surface area contributed by atoms with Crippen molar-refractivity contribution in [3.63, 3.8) is 0 Å². The first kappa shape index (κ1) is 12.9. The van der Waals surface area contributed by atoms with Crippen molar-refractivity contribution in [2.75, 3.05) is 10.2 Å². The van der Waals surface area contributed by atoms with Gasteiger partial charge < -0.3 is 16.0 Å². The van der Waals surface area contributed by atoms with Crippen LogP contribution in [0.4, 0.5) is 11.4 Å². The number of hydrogen-bond donors (Lipinski definition) is 2. The lowest BCUT2D eigenvalue weighted by Gasteiger charge is -2.47. The van der Waals surface area contributed by atoms with Crippen LogP contribution in [-0.2, 0) is 11.3 Å². The quantitative estimate of drug-likeness (QED) is 0.841. The van der Waals surface area contributed by atoms with Gasteiger partial charge >= 0.3 is 0 Å². The van der Waals surface area contributed by atoms with Crippen LogP contribution in [0.2, 0.25) is 0 Å². The number of fused-ring (bicyclic) bond motifs is 1. The fraction of sp³-hybridized carbons (Fsp3) is 0.500. The first-order chi connectivity index (χ1) is 8.39. The van der Waals surface area contributed by atoms with Crippen LogP contribution in [0.5, 0.6) is 0 Å². The predicted octanol–water partition coefficient (Wildman–Crippen LogP) is 2.09. The SMILES string of the molecule is CC(C)N1c2c(CN)cccc2NC(=O)C1(C)C. The molecular formula is C14H21N3O. The fourth-order valence-electron chi connectivity index (χ4n) is 2.71. The summed E-state index contributed by atoms with van der Waals surface area (Å²) in [7, 11) is 0. The van der Waals surface area contributed by atoms with E-state index in [1.807, 2.05) is 32.0 Å². The number of nitrogens with zero attached hydrogens (tertiary/aromatic N) is 1. The molecule has 4 nitrogen and oxygen atoms in total. The molecule has 3 N–H and O–H groups in total. The highest BCUT2D eigenvalue weighted by molar-refractivity contribution is 6.06. The third kappa shape index (κ3) is 1.77. The zero-order valence-electron chi connectivity index (χ0n) is 11.4. The second-order valence-electron chi connectivity index (χ2n) is 5.49. The molecule has 1 aliphatic heterocycles. The average molecular weight is 247 g/mol. The number of nitrogens with one attached hydrogen (secondary N) is 1. The van der Waals surface area contributed by atoms with Gasteiger partial charge in [-0.1, -0.05) is 12.1 Å². The van der Waals surface area contributed by atoms with Gasteiger partial charge in [-0.25, -0.2) is 0 Å². The molecule has 0 aliphatic carbocycles. The lowest BCUT2D eigenvalue weighted by Crippen LogP contribution is -2.59. The summed E-state index contributed by atoms with van der Waals surface area (Å²) in [6.45, 7) is 8.55. The maximum Gasteiger partial charge on any atom is 0.249 e. The molecule has 0 unspecified atom stereocenters. The number of para-hydroxylation sites is 1. The van der Waals surface area contributed by atoms with Crippen molar-refractivity contribution in [3.05, 3.63) is 23.8 Å². The zero-order valence-corrected chi connectivity index (χ0v) is 11.4. The van der Waals surface area contributed by atoms with Crippen LogP contribution >= 0.6 is 0 Å². The van der Waals surface area contributed by atoms with E-state index in [-0.39, 0.29) is 11.9 Å². The lowest BCUT2D eigenvalue weighted by atomic mass is 9.92. The summed E-state index contributed by atoms with van der Waals surface area (Å²) >= 11 is 0. The zero-order chi connectivity index (χ0) is 13.5. The van der Waals surface area contributed by atoms with E-state index in [1.165, 1.54) is 0 Å². The van der Waals surface area contributed by atoms with Gasteiger partial charge in [-0.2, -0.15) is 0 Å². The molecule has 1 heterocycles. The molecule has 0 bridgehead atoms. The fourth-order valence-corrected chi connectivity index (χ4v) is 2.71. The molecule has 0 saturated heterocycles. The molecule has 0 aromatic heterocycles. The highest BCUT2D eigenvalue weighted by atomic mass is 16.2. The first-order valence-corrected chi connectivity index (χ1v) is 6.32. The molecule has 0 atom stereocenters. The van der Waals surface area contributed by atoms with Crippen LogP contribution < -0.4 is 16.0 Å². The average Bonchev–Trinajstić information content (AvgIpc) is 2.29. The van der Waals surface area contributed by atoms with E-state index >= 15 is 0 Å². The molecule has 2 rings (SSSR count). The minimum atomic E-state index is -0.563. The standard InChI is InChI=1S/C14H21N3O/c1-9(2)17-12-10(8-15)6-5-7-11(12)16-13(18)14(17,3)4/h5-7,9H,8,15H2,1-4H3,(H,16,18). The number of hydrogen-bond acceptors (Lipinski definition) is 3. The summed E-state index contributed by atoms with van der Waals surface area (Å²) in [5.74, 6) is 0.0258. The molecule has 1 aromatic rings. The van der Waals surface area contributed by atoms with Crippen LogP contribution in [0.3, 0.4) is 0 Å². The molecule has 0 spiro atoms. The Hall–Kier alpha value is -1.55. The highest BCUT2D eigenvalue weighted by Crippen LogP contribution is 2.40. The number of rotatable bonds is 2. The van der Waals surface area contributed by atoms with Crippen molar-refractivity contribution in [2.24, 2.45) is 5.73 Å². The van der Waals surface area contributed by atoms with Crippen LogP contribution in [0, 0.1) is 0 Å². The Morgan fingerprint density at radius 1 is 1.39 bits per heavy atom. The molecule has 0 radical (unpaired) electrons. The van der Waals surface area contributed by atoms with E-state index in [2.05, 4.69) is 24.1 Å². The maximum absolute atomic E-state index is 12.2. The van der Waals surface area contributed by atoms with Gasteiger partial charge in [0, 0.05) is 12.6 Å². The number of carbonyl (C=O) groups excluding carboxylic acids is 1. The monoisotopic (exact) mass is 247 g/mol. The van der Waals surface area contributed by atoms with Gasteiger partial charge in [-0.3, -0.25) is 4.79 Å². The molecule has 0 fully saturated rings. The lowest BCUT2D eigenvalue weighted by molar-refractivity contribution is -0.120. The van der Waals surface area contributed by atoms with Crippen molar-refractivity contribution in [1.82, 2.24) is 0 Å². The summed E-state index contributed by atoms with van der Waals surface area (Å²) in [5, 5.41) is 2.97. The molecule has 1 aliphatic rings. The smallest absolute Gasteiger partial charge is 0.249 e. The normalized spacial score (nSPS) is 17.7. The van der Waals surface area contributed by atoms with Crippen molar-refractivity contribution >= 4 is 17.3 Å². The van der Waals surface area contributed by atoms with Gasteiger partial charge in [0.2, 0.25) is 5.91 Å². The van der Waals surface area contributed by atoms with Crippen LogP contribution in [0.1, 0.15) is 33.3 Å². The Morgan fingerprint density at radius 2 is 2.06 bits per heavy atom. The summed E-state index contributed by atoms with van der Waals surface area (Å²) in [4.78, 5) is 14.4. The third-order valence-electron chi connectivity index (χ3n) is 3.50. The Balaban J connectivity index is 2.67.